The second-order valence-electron chi connectivity index (χ2n) is 6.32. The van der Waals surface area contributed by atoms with Crippen molar-refractivity contribution in [2.24, 2.45) is 0 Å². The minimum absolute atomic E-state index is 0. The first kappa shape index (κ1) is 23.4. The number of amides is 1. The van der Waals surface area contributed by atoms with E-state index in [1.807, 2.05) is 18.2 Å². The summed E-state index contributed by atoms with van der Waals surface area (Å²) in [6, 6.07) is 12.8. The van der Waals surface area contributed by atoms with E-state index in [-0.39, 0.29) is 18.3 Å². The zero-order valence-electron chi connectivity index (χ0n) is 16.7. The highest BCUT2D eigenvalue weighted by atomic mass is 35.5. The summed E-state index contributed by atoms with van der Waals surface area (Å²) in [6.45, 7) is 7.48. The molecule has 5 nitrogen and oxygen atoms in total. The Morgan fingerprint density at radius 1 is 1.10 bits per heavy atom. The summed E-state index contributed by atoms with van der Waals surface area (Å²) in [5, 5.41) is 1.30. The molecule has 1 aromatic heterocycles. The molecule has 0 bridgehead atoms. The van der Waals surface area contributed by atoms with Crippen molar-refractivity contribution in [1.82, 2.24) is 9.88 Å². The highest BCUT2D eigenvalue weighted by Gasteiger charge is 2.22. The van der Waals surface area contributed by atoms with Crippen LogP contribution in [0.25, 0.3) is 10.2 Å². The van der Waals surface area contributed by atoms with Gasteiger partial charge in [-0.25, -0.2) is 4.98 Å². The van der Waals surface area contributed by atoms with Crippen LogP contribution in [0.1, 0.15) is 24.2 Å². The van der Waals surface area contributed by atoms with Crippen LogP contribution in [0.15, 0.2) is 42.5 Å². The number of benzene rings is 2. The first-order valence-electron chi connectivity index (χ1n) is 9.30. The van der Waals surface area contributed by atoms with Crippen molar-refractivity contribution in [2.75, 3.05) is 38.2 Å². The van der Waals surface area contributed by atoms with E-state index in [2.05, 4.69) is 18.7 Å². The highest BCUT2D eigenvalue weighted by Crippen LogP contribution is 2.32. The Bertz CT molecular complexity index is 943. The van der Waals surface area contributed by atoms with Gasteiger partial charge in [0.05, 0.1) is 17.3 Å². The van der Waals surface area contributed by atoms with E-state index < -0.39 is 0 Å². The van der Waals surface area contributed by atoms with Gasteiger partial charge in [-0.2, -0.15) is 0 Å². The number of nitrogens with zero attached hydrogens (tertiary/aromatic N) is 3. The first-order chi connectivity index (χ1) is 13.5. The predicted molar refractivity (Wildman–Crippen MR) is 124 cm³/mol. The van der Waals surface area contributed by atoms with Crippen LogP contribution in [0.2, 0.25) is 5.02 Å². The summed E-state index contributed by atoms with van der Waals surface area (Å²) < 4.78 is 6.31. The number of likely N-dealkylation sites (N-methyl/N-ethyl adjacent to an activating group) is 1. The van der Waals surface area contributed by atoms with Gasteiger partial charge in [-0.1, -0.05) is 36.8 Å². The lowest BCUT2D eigenvalue weighted by Gasteiger charge is -2.24. The number of halogens is 2. The smallest absolute Gasteiger partial charge is 0.260 e. The van der Waals surface area contributed by atoms with E-state index in [9.17, 15) is 4.79 Å². The highest BCUT2D eigenvalue weighted by molar-refractivity contribution is 7.22. The van der Waals surface area contributed by atoms with Crippen LogP contribution in [0, 0.1) is 0 Å². The van der Waals surface area contributed by atoms with Gasteiger partial charge in [-0.15, -0.1) is 12.4 Å². The number of carbonyl (C=O) groups is 1. The van der Waals surface area contributed by atoms with Crippen molar-refractivity contribution in [3.05, 3.63) is 53.1 Å². The van der Waals surface area contributed by atoms with E-state index in [0.717, 1.165) is 35.6 Å². The molecule has 8 heteroatoms. The third kappa shape index (κ3) is 5.60. The summed E-state index contributed by atoms with van der Waals surface area (Å²) in [5.41, 5.74) is 1.43. The number of anilines is 1. The molecule has 0 atom stereocenters. The van der Waals surface area contributed by atoms with Crippen molar-refractivity contribution >= 4 is 56.6 Å². The summed E-state index contributed by atoms with van der Waals surface area (Å²) in [4.78, 5) is 22.0. The number of aromatic nitrogens is 1. The van der Waals surface area contributed by atoms with Crippen LogP contribution < -0.4 is 9.64 Å². The Balaban J connectivity index is 0.00000300. The molecule has 0 unspecified atom stereocenters. The Hall–Kier alpha value is -1.86. The minimum atomic E-state index is -0.0742. The Kier molecular flexibility index (Phi) is 8.71. The van der Waals surface area contributed by atoms with E-state index in [4.69, 9.17) is 21.3 Å². The van der Waals surface area contributed by atoms with Crippen molar-refractivity contribution < 1.29 is 9.53 Å². The van der Waals surface area contributed by atoms with Gasteiger partial charge in [-0.3, -0.25) is 9.69 Å². The van der Waals surface area contributed by atoms with Crippen LogP contribution in [-0.2, 0) is 0 Å². The molecule has 0 aliphatic rings. The van der Waals surface area contributed by atoms with Gasteiger partial charge in [0.1, 0.15) is 5.75 Å². The van der Waals surface area contributed by atoms with E-state index in [1.165, 1.54) is 11.3 Å². The van der Waals surface area contributed by atoms with Gasteiger partial charge >= 0.3 is 0 Å². The third-order valence-corrected chi connectivity index (χ3v) is 6.00. The molecule has 0 aliphatic heterocycles. The van der Waals surface area contributed by atoms with Gasteiger partial charge in [0, 0.05) is 29.7 Å². The molecule has 0 aliphatic carbocycles. The fourth-order valence-electron chi connectivity index (χ4n) is 2.95. The van der Waals surface area contributed by atoms with Crippen molar-refractivity contribution in [1.29, 1.82) is 0 Å². The summed E-state index contributed by atoms with van der Waals surface area (Å²) in [6.07, 6.45) is 0. The number of fused-ring (bicyclic) bond motifs is 1. The number of methoxy groups -OCH3 is 1. The summed E-state index contributed by atoms with van der Waals surface area (Å²) in [5.74, 6) is 0.679. The zero-order valence-corrected chi connectivity index (χ0v) is 19.1. The van der Waals surface area contributed by atoms with Crippen LogP contribution in [0.3, 0.4) is 0 Å². The quantitative estimate of drug-likeness (QED) is 0.459. The molecule has 1 heterocycles. The molecule has 156 valence electrons. The normalized spacial score (nSPS) is 10.8. The third-order valence-electron chi connectivity index (χ3n) is 4.68. The standard InChI is InChI=1S/C21H24ClN3O2S.ClH/c1-4-24(5-2)12-13-25(20(26)15-6-8-16(22)9-7-15)21-23-18-14-17(27-3)10-11-19(18)28-21;/h6-11,14H,4-5,12-13H2,1-3H3;1H. The molecule has 0 saturated heterocycles. The molecule has 29 heavy (non-hydrogen) atoms. The maximum absolute atomic E-state index is 13.3. The molecular formula is C21H25Cl2N3O2S. The number of hydrogen-bond acceptors (Lipinski definition) is 5. The van der Waals surface area contributed by atoms with Crippen LogP contribution >= 0.6 is 35.3 Å². The van der Waals surface area contributed by atoms with Crippen LogP contribution in [0.5, 0.6) is 5.75 Å². The molecular weight excluding hydrogens is 429 g/mol. The zero-order chi connectivity index (χ0) is 20.1. The minimum Gasteiger partial charge on any atom is -0.497 e. The average molecular weight is 454 g/mol. The second kappa shape index (κ2) is 10.8. The predicted octanol–water partition coefficient (Wildman–Crippen LogP) is 5.37. The van der Waals surface area contributed by atoms with Crippen molar-refractivity contribution in [2.45, 2.75) is 13.8 Å². The van der Waals surface area contributed by atoms with E-state index >= 15 is 0 Å². The molecule has 0 radical (unpaired) electrons. The molecule has 0 fully saturated rings. The Morgan fingerprint density at radius 2 is 1.79 bits per heavy atom. The first-order valence-corrected chi connectivity index (χ1v) is 10.5. The largest absolute Gasteiger partial charge is 0.497 e. The molecule has 0 saturated carbocycles. The lowest BCUT2D eigenvalue weighted by atomic mass is 10.2. The molecule has 1 amide bonds. The second-order valence-corrected chi connectivity index (χ2v) is 7.77. The fourth-order valence-corrected chi connectivity index (χ4v) is 4.05. The average Bonchev–Trinajstić information content (AvgIpc) is 3.14. The van der Waals surface area contributed by atoms with Crippen molar-refractivity contribution in [3.63, 3.8) is 0 Å². The number of hydrogen-bond donors (Lipinski definition) is 0. The number of carbonyl (C=O) groups excluding carboxylic acids is 1. The molecule has 0 N–H and O–H groups in total. The van der Waals surface area contributed by atoms with Gasteiger partial charge < -0.3 is 9.64 Å². The molecule has 2 aromatic carbocycles. The maximum atomic E-state index is 13.3. The molecule has 3 aromatic rings. The van der Waals surface area contributed by atoms with Gasteiger partial charge in [0.25, 0.3) is 5.91 Å². The number of thiazole rings is 1. The SMILES string of the molecule is CCN(CC)CCN(C(=O)c1ccc(Cl)cc1)c1nc2cc(OC)ccc2s1.Cl. The van der Waals surface area contributed by atoms with Gasteiger partial charge in [0.15, 0.2) is 5.13 Å². The lowest BCUT2D eigenvalue weighted by molar-refractivity contribution is 0.0984. The number of rotatable bonds is 8. The topological polar surface area (TPSA) is 45.7 Å². The van der Waals surface area contributed by atoms with Crippen LogP contribution in [0.4, 0.5) is 5.13 Å². The van der Waals surface area contributed by atoms with Gasteiger partial charge in [0.2, 0.25) is 0 Å². The molecule has 0 spiro atoms. The van der Waals surface area contributed by atoms with Crippen LogP contribution in [-0.4, -0.2) is 49.1 Å². The Labute approximate surface area is 186 Å². The van der Waals surface area contributed by atoms with E-state index in [1.54, 1.807) is 36.3 Å². The Morgan fingerprint density at radius 3 is 2.41 bits per heavy atom. The fraction of sp³-hybridized carbons (Fsp3) is 0.333. The number of ether oxygens (including phenoxy) is 1. The van der Waals surface area contributed by atoms with E-state index in [0.29, 0.717) is 22.3 Å². The van der Waals surface area contributed by atoms with Gasteiger partial charge in [-0.05, 0) is 49.5 Å². The summed E-state index contributed by atoms with van der Waals surface area (Å²) in [7, 11) is 1.63. The maximum Gasteiger partial charge on any atom is 0.260 e. The monoisotopic (exact) mass is 453 g/mol. The molecule has 3 rings (SSSR count). The van der Waals surface area contributed by atoms with Crippen molar-refractivity contribution in [3.8, 4) is 5.75 Å². The summed E-state index contributed by atoms with van der Waals surface area (Å²) >= 11 is 7.49. The lowest BCUT2D eigenvalue weighted by Crippen LogP contribution is -2.38.